The van der Waals surface area contributed by atoms with E-state index in [1.165, 1.54) is 0 Å². The lowest BCUT2D eigenvalue weighted by Crippen LogP contribution is -2.19. The summed E-state index contributed by atoms with van der Waals surface area (Å²) in [6.07, 6.45) is 0.361. The van der Waals surface area contributed by atoms with Gasteiger partial charge in [-0.3, -0.25) is 0 Å². The Kier molecular flexibility index (Phi) is 2.22. The molecule has 1 fully saturated rings. The third-order valence-corrected chi connectivity index (χ3v) is 2.13. The molecule has 13 heavy (non-hydrogen) atoms. The van der Waals surface area contributed by atoms with Crippen molar-refractivity contribution in [3.05, 3.63) is 35.9 Å². The van der Waals surface area contributed by atoms with Gasteiger partial charge in [-0.25, -0.2) is 0 Å². The van der Waals surface area contributed by atoms with Crippen molar-refractivity contribution < 1.29 is 7.48 Å². The number of hydrogen-bond donors (Lipinski definition) is 1. The largest absolute Gasteiger partial charge is 0.372 e. The van der Waals surface area contributed by atoms with Crippen LogP contribution in [-0.2, 0) is 4.74 Å². The van der Waals surface area contributed by atoms with Gasteiger partial charge in [0.15, 0.2) is 0 Å². The summed E-state index contributed by atoms with van der Waals surface area (Å²) in [4.78, 5) is 0. The minimum atomic E-state index is -1.30. The van der Waals surface area contributed by atoms with Gasteiger partial charge in [0, 0.05) is 15.9 Å². The third-order valence-electron chi connectivity index (χ3n) is 2.13. The van der Waals surface area contributed by atoms with Crippen LogP contribution in [0.3, 0.4) is 0 Å². The summed E-state index contributed by atoms with van der Waals surface area (Å²) >= 11 is 0. The zero-order valence-electron chi connectivity index (χ0n) is 9.49. The Morgan fingerprint density at radius 1 is 1.38 bits per heavy atom. The molecule has 0 spiro atoms. The van der Waals surface area contributed by atoms with Gasteiger partial charge in [-0.1, -0.05) is 30.3 Å². The number of nitrogens with one attached hydrogen (secondary N) is 1. The molecule has 1 N–H and O–H groups in total. The lowest BCUT2D eigenvalue weighted by Gasteiger charge is -2.14. The summed E-state index contributed by atoms with van der Waals surface area (Å²) in [7, 11) is 0. The molecule has 1 heterocycles. The van der Waals surface area contributed by atoms with Crippen LogP contribution in [0.5, 0.6) is 0 Å². The first-order valence-electron chi connectivity index (χ1n) is 5.59. The van der Waals surface area contributed by atoms with E-state index in [0.717, 1.165) is 5.56 Å². The molecule has 2 nitrogen and oxygen atoms in total. The smallest absolute Gasteiger partial charge is 0.0949 e. The van der Waals surface area contributed by atoms with E-state index in [1.807, 2.05) is 30.3 Å². The van der Waals surface area contributed by atoms with Crippen LogP contribution >= 0.6 is 0 Å². The fourth-order valence-electron chi connectivity index (χ4n) is 1.45. The quantitative estimate of drug-likeness (QED) is 0.709. The molecule has 1 atom stereocenters. The van der Waals surface area contributed by atoms with Gasteiger partial charge in [-0.05, 0) is 18.5 Å². The van der Waals surface area contributed by atoms with E-state index in [9.17, 15) is 0 Å². The Morgan fingerprint density at radius 2 is 2.23 bits per heavy atom. The predicted octanol–water partition coefficient (Wildman–Crippen LogP) is 1.74. The summed E-state index contributed by atoms with van der Waals surface area (Å²) < 4.78 is 20.8. The van der Waals surface area contributed by atoms with Crippen LogP contribution in [0.15, 0.2) is 30.3 Å². The molecule has 0 unspecified atom stereocenters. The van der Waals surface area contributed by atoms with E-state index in [0.29, 0.717) is 19.6 Å². The molecule has 1 aromatic carbocycles. The third kappa shape index (κ3) is 2.29. The molecule has 0 aliphatic carbocycles. The van der Waals surface area contributed by atoms with Gasteiger partial charge < -0.3 is 10.1 Å². The van der Waals surface area contributed by atoms with Crippen molar-refractivity contribution in [3.8, 4) is 0 Å². The average molecular weight is 179 g/mol. The number of ether oxygens (including phenoxy) is 1. The molecular weight excluding hydrogens is 162 g/mol. The zero-order valence-corrected chi connectivity index (χ0v) is 7.49. The van der Waals surface area contributed by atoms with E-state index in [2.05, 4.69) is 5.32 Å². The van der Waals surface area contributed by atoms with E-state index >= 15 is 0 Å². The van der Waals surface area contributed by atoms with Crippen molar-refractivity contribution in [2.24, 2.45) is 0 Å². The molecule has 1 aromatic rings. The van der Waals surface area contributed by atoms with Gasteiger partial charge in [0.2, 0.25) is 0 Å². The van der Waals surface area contributed by atoms with Crippen molar-refractivity contribution in [3.63, 3.8) is 0 Å². The zero-order chi connectivity index (χ0) is 10.7. The number of rotatable bonds is 1. The number of benzene rings is 1. The molecule has 2 heteroatoms. The second-order valence-electron chi connectivity index (χ2n) is 3.08. The Labute approximate surface area is 81.7 Å². The van der Waals surface area contributed by atoms with Gasteiger partial charge in [-0.15, -0.1) is 0 Å². The standard InChI is InChI=1S/C11H15NO/c1-2-5-10(6-3-1)11-9-12-7-4-8-13-11/h1-3,5-6,11-12H,4,7-9H2/t11-/m0/s1/i7D2. The second-order valence-corrected chi connectivity index (χ2v) is 3.08. The Bertz CT molecular complexity index is 316. The molecule has 0 aromatic heterocycles. The van der Waals surface area contributed by atoms with Crippen molar-refractivity contribution in [1.82, 2.24) is 5.32 Å². The van der Waals surface area contributed by atoms with Crippen molar-refractivity contribution in [1.29, 1.82) is 0 Å². The minimum absolute atomic E-state index is 0.0382. The highest BCUT2D eigenvalue weighted by Crippen LogP contribution is 2.17. The maximum atomic E-state index is 7.59. The average Bonchev–Trinajstić information content (AvgIpc) is 2.41. The van der Waals surface area contributed by atoms with Gasteiger partial charge in [0.1, 0.15) is 0 Å². The lowest BCUT2D eigenvalue weighted by molar-refractivity contribution is 0.0669. The minimum Gasteiger partial charge on any atom is -0.372 e. The number of hydrogen-bond acceptors (Lipinski definition) is 2. The summed E-state index contributed by atoms with van der Waals surface area (Å²) in [5, 5.41) is 2.88. The molecule has 0 amide bonds. The van der Waals surface area contributed by atoms with Gasteiger partial charge in [-0.2, -0.15) is 0 Å². The highest BCUT2D eigenvalue weighted by molar-refractivity contribution is 5.18. The Balaban J connectivity index is 2.06. The fourth-order valence-corrected chi connectivity index (χ4v) is 1.45. The fraction of sp³-hybridized carbons (Fsp3) is 0.455. The van der Waals surface area contributed by atoms with Crippen LogP contribution in [0.4, 0.5) is 0 Å². The molecule has 0 bridgehead atoms. The van der Waals surface area contributed by atoms with Crippen LogP contribution in [0, 0.1) is 0 Å². The summed E-state index contributed by atoms with van der Waals surface area (Å²) in [5.41, 5.74) is 1.10. The van der Waals surface area contributed by atoms with E-state index in [4.69, 9.17) is 7.48 Å². The predicted molar refractivity (Wildman–Crippen MR) is 52.6 cm³/mol. The molecule has 1 aliphatic rings. The normalized spacial score (nSPS) is 30.0. The molecule has 0 radical (unpaired) electrons. The van der Waals surface area contributed by atoms with Crippen LogP contribution in [0.1, 0.15) is 20.8 Å². The van der Waals surface area contributed by atoms with Gasteiger partial charge in [0.25, 0.3) is 0 Å². The SMILES string of the molecule is [2H]C1([2H])CCO[C@H](c2ccccc2)CN1. The first-order chi connectivity index (χ1) is 7.17. The molecule has 70 valence electrons. The lowest BCUT2D eigenvalue weighted by atomic mass is 10.1. The maximum Gasteiger partial charge on any atom is 0.0949 e. The second kappa shape index (κ2) is 4.40. The van der Waals surface area contributed by atoms with Crippen molar-refractivity contribution in [2.45, 2.75) is 12.5 Å². The topological polar surface area (TPSA) is 21.3 Å². The van der Waals surface area contributed by atoms with Crippen molar-refractivity contribution in [2.75, 3.05) is 19.6 Å². The summed E-state index contributed by atoms with van der Waals surface area (Å²) in [6, 6.07) is 9.92. The van der Waals surface area contributed by atoms with E-state index in [-0.39, 0.29) is 6.10 Å². The van der Waals surface area contributed by atoms with Crippen LogP contribution < -0.4 is 5.32 Å². The van der Waals surface area contributed by atoms with Crippen LogP contribution in [0.25, 0.3) is 0 Å². The summed E-state index contributed by atoms with van der Waals surface area (Å²) in [5.74, 6) is 0. The molecular formula is C11H15NO. The van der Waals surface area contributed by atoms with Crippen molar-refractivity contribution >= 4 is 0 Å². The Morgan fingerprint density at radius 3 is 3.08 bits per heavy atom. The van der Waals surface area contributed by atoms with Crippen LogP contribution in [-0.4, -0.2) is 19.6 Å². The molecule has 2 rings (SSSR count). The molecule has 0 saturated carbocycles. The highest BCUT2D eigenvalue weighted by Gasteiger charge is 2.13. The molecule has 1 aliphatic heterocycles. The van der Waals surface area contributed by atoms with E-state index in [1.54, 1.807) is 0 Å². The highest BCUT2D eigenvalue weighted by atomic mass is 16.5. The van der Waals surface area contributed by atoms with Crippen LogP contribution in [0.2, 0.25) is 0 Å². The Hall–Kier alpha value is -0.860. The molecule has 1 saturated heterocycles. The van der Waals surface area contributed by atoms with E-state index < -0.39 is 6.50 Å². The first kappa shape index (κ1) is 6.57. The first-order valence-corrected chi connectivity index (χ1v) is 4.59. The maximum absolute atomic E-state index is 7.59. The summed E-state index contributed by atoms with van der Waals surface area (Å²) in [6.45, 7) is -0.319. The van der Waals surface area contributed by atoms with Gasteiger partial charge >= 0.3 is 0 Å². The monoisotopic (exact) mass is 179 g/mol. The van der Waals surface area contributed by atoms with Gasteiger partial charge in [0.05, 0.1) is 6.10 Å².